The third kappa shape index (κ3) is 3.04. The highest BCUT2D eigenvalue weighted by Crippen LogP contribution is 2.31. The first kappa shape index (κ1) is 16.2. The average molecular weight is 338 g/mol. The number of fused-ring (bicyclic) bond motifs is 1. The lowest BCUT2D eigenvalue weighted by molar-refractivity contribution is -0.126. The molecule has 1 unspecified atom stereocenters. The highest BCUT2D eigenvalue weighted by molar-refractivity contribution is 5.95. The van der Waals surface area contributed by atoms with Crippen LogP contribution in [-0.4, -0.2) is 55.0 Å². The lowest BCUT2D eigenvalue weighted by atomic mass is 10.1. The normalized spacial score (nSPS) is 21.2. The summed E-state index contributed by atoms with van der Waals surface area (Å²) in [4.78, 5) is 24.7. The molecule has 24 heavy (non-hydrogen) atoms. The van der Waals surface area contributed by atoms with E-state index in [2.05, 4.69) is 11.9 Å². The van der Waals surface area contributed by atoms with Crippen LogP contribution in [0.15, 0.2) is 30.9 Å². The fourth-order valence-electron chi connectivity index (χ4n) is 2.66. The molecule has 8 heteroatoms. The number of amides is 2. The Balaban J connectivity index is 1.72. The van der Waals surface area contributed by atoms with Crippen molar-refractivity contribution in [2.45, 2.75) is 12.0 Å². The zero-order valence-corrected chi connectivity index (χ0v) is 12.8. The zero-order valence-electron chi connectivity index (χ0n) is 12.8. The molecule has 1 aromatic rings. The van der Waals surface area contributed by atoms with Crippen LogP contribution in [0.2, 0.25) is 0 Å². The number of rotatable bonds is 3. The largest absolute Gasteiger partial charge is 0.486 e. The quantitative estimate of drug-likeness (QED) is 0.842. The number of hydrogen-bond acceptors (Lipinski definition) is 4. The number of nitrogens with one attached hydrogen (secondary N) is 1. The molecule has 2 heterocycles. The number of carbonyl (C=O) groups excluding carboxylic acids is 2. The number of carbonyl (C=O) groups is 2. The van der Waals surface area contributed by atoms with Gasteiger partial charge in [-0.3, -0.25) is 9.59 Å². The SMILES string of the molecule is C=CC(=O)N1CC(NC(=O)c2ccc3c(c2)OCCO3)C(F)(F)C1. The van der Waals surface area contributed by atoms with E-state index in [0.29, 0.717) is 24.7 Å². The Hall–Kier alpha value is -2.64. The Morgan fingerprint density at radius 3 is 2.71 bits per heavy atom. The summed E-state index contributed by atoms with van der Waals surface area (Å²) in [6.45, 7) is 3.04. The second kappa shape index (κ2) is 6.10. The molecule has 0 saturated carbocycles. The van der Waals surface area contributed by atoms with Gasteiger partial charge < -0.3 is 19.7 Å². The van der Waals surface area contributed by atoms with E-state index in [1.807, 2.05) is 0 Å². The van der Waals surface area contributed by atoms with Crippen molar-refractivity contribution in [1.82, 2.24) is 10.2 Å². The summed E-state index contributed by atoms with van der Waals surface area (Å²) in [6.07, 6.45) is 0.973. The molecule has 2 aliphatic heterocycles. The second-order valence-electron chi connectivity index (χ2n) is 5.57. The van der Waals surface area contributed by atoms with Crippen LogP contribution in [0.3, 0.4) is 0 Å². The van der Waals surface area contributed by atoms with Crippen molar-refractivity contribution in [3.63, 3.8) is 0 Å². The fraction of sp³-hybridized carbons (Fsp3) is 0.375. The van der Waals surface area contributed by atoms with E-state index in [-0.39, 0.29) is 12.1 Å². The van der Waals surface area contributed by atoms with Crippen molar-refractivity contribution in [3.8, 4) is 11.5 Å². The van der Waals surface area contributed by atoms with Crippen molar-refractivity contribution in [3.05, 3.63) is 36.4 Å². The molecule has 2 aliphatic rings. The Labute approximate surface area is 137 Å². The molecule has 2 amide bonds. The smallest absolute Gasteiger partial charge is 0.286 e. The molecule has 1 fully saturated rings. The monoisotopic (exact) mass is 338 g/mol. The van der Waals surface area contributed by atoms with Crippen molar-refractivity contribution >= 4 is 11.8 Å². The second-order valence-corrected chi connectivity index (χ2v) is 5.57. The molecule has 1 aromatic carbocycles. The van der Waals surface area contributed by atoms with Crippen LogP contribution < -0.4 is 14.8 Å². The van der Waals surface area contributed by atoms with E-state index in [4.69, 9.17) is 9.47 Å². The number of likely N-dealkylation sites (tertiary alicyclic amines) is 1. The van der Waals surface area contributed by atoms with Gasteiger partial charge in [0.2, 0.25) is 5.91 Å². The van der Waals surface area contributed by atoms with Crippen molar-refractivity contribution in [1.29, 1.82) is 0 Å². The topological polar surface area (TPSA) is 67.9 Å². The molecule has 0 aromatic heterocycles. The standard InChI is InChI=1S/C16H16F2N2O4/c1-2-14(21)20-8-13(16(17,18)9-20)19-15(22)10-3-4-11-12(7-10)24-6-5-23-11/h2-4,7,13H,1,5-6,8-9H2,(H,19,22). The Morgan fingerprint density at radius 1 is 1.29 bits per heavy atom. The van der Waals surface area contributed by atoms with Crippen molar-refractivity contribution in [2.75, 3.05) is 26.3 Å². The number of halogens is 2. The maximum Gasteiger partial charge on any atom is 0.286 e. The summed E-state index contributed by atoms with van der Waals surface area (Å²) in [5.41, 5.74) is 0.184. The first-order valence-electron chi connectivity index (χ1n) is 7.40. The Kier molecular flexibility index (Phi) is 4.13. The molecule has 0 radical (unpaired) electrons. The van der Waals surface area contributed by atoms with Crippen molar-refractivity contribution < 1.29 is 27.8 Å². The molecule has 6 nitrogen and oxygen atoms in total. The number of nitrogens with zero attached hydrogens (tertiary/aromatic N) is 1. The molecular weight excluding hydrogens is 322 g/mol. The predicted molar refractivity (Wildman–Crippen MR) is 80.4 cm³/mol. The molecule has 0 bridgehead atoms. The van der Waals surface area contributed by atoms with Gasteiger partial charge in [0.25, 0.3) is 11.8 Å². The highest BCUT2D eigenvalue weighted by atomic mass is 19.3. The van der Waals surface area contributed by atoms with Gasteiger partial charge in [-0.2, -0.15) is 0 Å². The van der Waals surface area contributed by atoms with Crippen LogP contribution in [0.25, 0.3) is 0 Å². The van der Waals surface area contributed by atoms with Crippen LogP contribution in [-0.2, 0) is 4.79 Å². The Morgan fingerprint density at radius 2 is 2.00 bits per heavy atom. The average Bonchev–Trinajstić information content (AvgIpc) is 2.88. The van der Waals surface area contributed by atoms with Gasteiger partial charge in [-0.05, 0) is 24.3 Å². The van der Waals surface area contributed by atoms with Gasteiger partial charge in [0.05, 0.1) is 6.54 Å². The molecular formula is C16H16F2N2O4. The van der Waals surface area contributed by atoms with Gasteiger partial charge >= 0.3 is 0 Å². The van der Waals surface area contributed by atoms with E-state index in [9.17, 15) is 18.4 Å². The van der Waals surface area contributed by atoms with Crippen LogP contribution in [0.4, 0.5) is 8.78 Å². The van der Waals surface area contributed by atoms with E-state index in [0.717, 1.165) is 11.0 Å². The van der Waals surface area contributed by atoms with Gasteiger partial charge in [0, 0.05) is 12.1 Å². The lowest BCUT2D eigenvalue weighted by Gasteiger charge is -2.20. The van der Waals surface area contributed by atoms with Crippen LogP contribution >= 0.6 is 0 Å². The minimum Gasteiger partial charge on any atom is -0.486 e. The van der Waals surface area contributed by atoms with E-state index < -0.39 is 30.3 Å². The van der Waals surface area contributed by atoms with Gasteiger partial charge in [-0.25, -0.2) is 8.78 Å². The lowest BCUT2D eigenvalue weighted by Crippen LogP contribution is -2.46. The number of benzene rings is 1. The van der Waals surface area contributed by atoms with E-state index >= 15 is 0 Å². The minimum atomic E-state index is -3.21. The first-order chi connectivity index (χ1) is 11.4. The molecule has 1 saturated heterocycles. The fourth-order valence-corrected chi connectivity index (χ4v) is 2.66. The van der Waals surface area contributed by atoms with Crippen LogP contribution in [0.5, 0.6) is 11.5 Å². The third-order valence-corrected chi connectivity index (χ3v) is 3.91. The summed E-state index contributed by atoms with van der Waals surface area (Å²) >= 11 is 0. The number of hydrogen-bond donors (Lipinski definition) is 1. The van der Waals surface area contributed by atoms with Crippen molar-refractivity contribution in [2.24, 2.45) is 0 Å². The zero-order chi connectivity index (χ0) is 17.3. The number of ether oxygens (including phenoxy) is 2. The van der Waals surface area contributed by atoms with Gasteiger partial charge in [0.15, 0.2) is 11.5 Å². The molecule has 3 rings (SSSR count). The van der Waals surface area contributed by atoms with Gasteiger partial charge in [0.1, 0.15) is 19.3 Å². The summed E-state index contributed by atoms with van der Waals surface area (Å²) < 4.78 is 38.8. The molecule has 1 N–H and O–H groups in total. The highest BCUT2D eigenvalue weighted by Gasteiger charge is 2.50. The molecule has 1 atom stereocenters. The van der Waals surface area contributed by atoms with Crippen LogP contribution in [0, 0.1) is 0 Å². The summed E-state index contributed by atoms with van der Waals surface area (Å²) in [6, 6.07) is 3.03. The van der Waals surface area contributed by atoms with E-state index in [1.165, 1.54) is 12.1 Å². The maximum absolute atomic E-state index is 14.0. The summed E-state index contributed by atoms with van der Waals surface area (Å²) in [5.74, 6) is -3.56. The first-order valence-corrected chi connectivity index (χ1v) is 7.40. The summed E-state index contributed by atoms with van der Waals surface area (Å²) in [7, 11) is 0. The third-order valence-electron chi connectivity index (χ3n) is 3.91. The minimum absolute atomic E-state index is 0.184. The van der Waals surface area contributed by atoms with Crippen LogP contribution in [0.1, 0.15) is 10.4 Å². The molecule has 0 aliphatic carbocycles. The number of alkyl halides is 2. The van der Waals surface area contributed by atoms with Gasteiger partial charge in [-0.1, -0.05) is 6.58 Å². The maximum atomic E-state index is 14.0. The molecule has 128 valence electrons. The summed E-state index contributed by atoms with van der Waals surface area (Å²) in [5, 5.41) is 2.29. The van der Waals surface area contributed by atoms with E-state index in [1.54, 1.807) is 6.07 Å². The van der Waals surface area contributed by atoms with Gasteiger partial charge in [-0.15, -0.1) is 0 Å². The molecule has 0 spiro atoms. The predicted octanol–water partition coefficient (Wildman–Crippen LogP) is 1.22. The Bertz CT molecular complexity index is 693.